The number of benzene rings is 2. The standard InChI is InChI=1S/C17H16F3NO3/c18-17(19,20)13-5-1-12(2-6-13)10-24-14-7-3-11(4-8-14)9-15(21)16(22)23/h1-8,15H,9-10,21H2,(H,22,23)/t15-/m0/s1. The van der Waals surface area contributed by atoms with Crippen LogP contribution in [0.2, 0.25) is 0 Å². The Morgan fingerprint density at radius 2 is 1.58 bits per heavy atom. The summed E-state index contributed by atoms with van der Waals surface area (Å²) in [4.78, 5) is 10.7. The Kier molecular flexibility index (Phi) is 5.46. The number of carbonyl (C=O) groups is 1. The van der Waals surface area contributed by atoms with Crippen LogP contribution in [-0.4, -0.2) is 17.1 Å². The molecule has 0 aromatic heterocycles. The summed E-state index contributed by atoms with van der Waals surface area (Å²) in [6, 6.07) is 10.5. The van der Waals surface area contributed by atoms with E-state index in [4.69, 9.17) is 15.6 Å². The summed E-state index contributed by atoms with van der Waals surface area (Å²) < 4.78 is 42.9. The highest BCUT2D eigenvalue weighted by Crippen LogP contribution is 2.29. The van der Waals surface area contributed by atoms with Gasteiger partial charge in [0.2, 0.25) is 0 Å². The molecule has 24 heavy (non-hydrogen) atoms. The Balaban J connectivity index is 1.91. The molecule has 1 atom stereocenters. The molecule has 3 N–H and O–H groups in total. The van der Waals surface area contributed by atoms with Crippen molar-refractivity contribution < 1.29 is 27.8 Å². The van der Waals surface area contributed by atoms with E-state index < -0.39 is 23.8 Å². The van der Waals surface area contributed by atoms with E-state index in [1.807, 2.05) is 0 Å². The summed E-state index contributed by atoms with van der Waals surface area (Å²) in [6.45, 7) is 0.131. The van der Waals surface area contributed by atoms with Crippen molar-refractivity contribution in [1.82, 2.24) is 0 Å². The molecule has 0 aliphatic heterocycles. The maximum atomic E-state index is 12.5. The van der Waals surface area contributed by atoms with Crippen LogP contribution in [0.5, 0.6) is 5.75 Å². The van der Waals surface area contributed by atoms with Crippen LogP contribution in [0, 0.1) is 0 Å². The van der Waals surface area contributed by atoms with E-state index in [-0.39, 0.29) is 13.0 Å². The molecule has 0 aliphatic rings. The number of carboxylic acid groups (broad SMARTS) is 1. The average Bonchev–Trinajstić information content (AvgIpc) is 2.53. The van der Waals surface area contributed by atoms with Gasteiger partial charge >= 0.3 is 12.1 Å². The number of carboxylic acids is 1. The summed E-state index contributed by atoms with van der Waals surface area (Å²) in [5, 5.41) is 8.76. The van der Waals surface area contributed by atoms with Gasteiger partial charge in [0.25, 0.3) is 0 Å². The van der Waals surface area contributed by atoms with Gasteiger partial charge in [0, 0.05) is 0 Å². The second kappa shape index (κ2) is 7.35. The Morgan fingerprint density at radius 1 is 1.04 bits per heavy atom. The fraction of sp³-hybridized carbons (Fsp3) is 0.235. The maximum absolute atomic E-state index is 12.5. The molecule has 0 amide bonds. The van der Waals surface area contributed by atoms with Gasteiger partial charge in [-0.15, -0.1) is 0 Å². The molecule has 0 saturated heterocycles. The smallest absolute Gasteiger partial charge is 0.416 e. The highest BCUT2D eigenvalue weighted by Gasteiger charge is 2.29. The summed E-state index contributed by atoms with van der Waals surface area (Å²) in [6.07, 6.45) is -4.15. The van der Waals surface area contributed by atoms with Crippen LogP contribution in [0.4, 0.5) is 13.2 Å². The quantitative estimate of drug-likeness (QED) is 0.847. The third-order valence-electron chi connectivity index (χ3n) is 3.38. The molecule has 0 radical (unpaired) electrons. The highest BCUT2D eigenvalue weighted by molar-refractivity contribution is 5.73. The van der Waals surface area contributed by atoms with Gasteiger partial charge in [-0.05, 0) is 41.8 Å². The van der Waals surface area contributed by atoms with Gasteiger partial charge in [0.15, 0.2) is 0 Å². The fourth-order valence-corrected chi connectivity index (χ4v) is 2.02. The maximum Gasteiger partial charge on any atom is 0.416 e. The second-order valence-electron chi connectivity index (χ2n) is 5.28. The zero-order valence-corrected chi connectivity index (χ0v) is 12.6. The average molecular weight is 339 g/mol. The van der Waals surface area contributed by atoms with Crippen LogP contribution >= 0.6 is 0 Å². The number of hydrogen-bond acceptors (Lipinski definition) is 3. The van der Waals surface area contributed by atoms with E-state index in [0.717, 1.165) is 17.7 Å². The SMILES string of the molecule is N[C@@H](Cc1ccc(OCc2ccc(C(F)(F)F)cc2)cc1)C(=O)O. The normalized spacial score (nSPS) is 12.7. The molecule has 0 heterocycles. The number of alkyl halides is 3. The minimum Gasteiger partial charge on any atom is -0.489 e. The Morgan fingerprint density at radius 3 is 2.08 bits per heavy atom. The van der Waals surface area contributed by atoms with Crippen molar-refractivity contribution in [2.45, 2.75) is 25.2 Å². The van der Waals surface area contributed by atoms with Gasteiger partial charge < -0.3 is 15.6 Å². The first-order valence-corrected chi connectivity index (χ1v) is 7.12. The second-order valence-corrected chi connectivity index (χ2v) is 5.28. The van der Waals surface area contributed by atoms with Crippen molar-refractivity contribution in [2.75, 3.05) is 0 Å². The molecule has 7 heteroatoms. The lowest BCUT2D eigenvalue weighted by molar-refractivity contribution is -0.139. The van der Waals surface area contributed by atoms with E-state index in [1.54, 1.807) is 24.3 Å². The lowest BCUT2D eigenvalue weighted by Gasteiger charge is -2.10. The predicted molar refractivity (Wildman–Crippen MR) is 81.5 cm³/mol. The Labute approximate surface area is 136 Å². The van der Waals surface area contributed by atoms with Crippen molar-refractivity contribution in [1.29, 1.82) is 0 Å². The van der Waals surface area contributed by atoms with Gasteiger partial charge in [0.1, 0.15) is 18.4 Å². The minimum absolute atomic E-state index is 0.131. The molecule has 0 spiro atoms. The van der Waals surface area contributed by atoms with Crippen molar-refractivity contribution in [3.05, 3.63) is 65.2 Å². The summed E-state index contributed by atoms with van der Waals surface area (Å²) in [5.41, 5.74) is 6.12. The first kappa shape index (κ1) is 17.8. The lowest BCUT2D eigenvalue weighted by Crippen LogP contribution is -2.32. The number of ether oxygens (including phenoxy) is 1. The molecule has 0 saturated carbocycles. The number of nitrogens with two attached hydrogens (primary N) is 1. The topological polar surface area (TPSA) is 72.5 Å². The number of aliphatic carboxylic acids is 1. The number of hydrogen-bond donors (Lipinski definition) is 2. The van der Waals surface area contributed by atoms with Crippen LogP contribution in [0.25, 0.3) is 0 Å². The molecule has 0 bridgehead atoms. The number of rotatable bonds is 6. The largest absolute Gasteiger partial charge is 0.489 e. The van der Waals surface area contributed by atoms with Gasteiger partial charge in [0.05, 0.1) is 5.56 Å². The molecular weight excluding hydrogens is 323 g/mol. The summed E-state index contributed by atoms with van der Waals surface area (Å²) >= 11 is 0. The van der Waals surface area contributed by atoms with Gasteiger partial charge in [-0.25, -0.2) is 0 Å². The summed E-state index contributed by atoms with van der Waals surface area (Å²) in [7, 11) is 0. The van der Waals surface area contributed by atoms with E-state index in [0.29, 0.717) is 11.3 Å². The zero-order valence-electron chi connectivity index (χ0n) is 12.6. The third-order valence-corrected chi connectivity index (χ3v) is 3.38. The van der Waals surface area contributed by atoms with E-state index in [2.05, 4.69) is 0 Å². The van der Waals surface area contributed by atoms with Crippen molar-refractivity contribution in [3.63, 3.8) is 0 Å². The van der Waals surface area contributed by atoms with Crippen LogP contribution in [0.3, 0.4) is 0 Å². The van der Waals surface area contributed by atoms with Crippen molar-refractivity contribution >= 4 is 5.97 Å². The van der Waals surface area contributed by atoms with Crippen LogP contribution in [0.1, 0.15) is 16.7 Å². The minimum atomic E-state index is -4.36. The first-order chi connectivity index (χ1) is 11.3. The van der Waals surface area contributed by atoms with Crippen molar-refractivity contribution in [3.8, 4) is 5.75 Å². The van der Waals surface area contributed by atoms with Crippen LogP contribution < -0.4 is 10.5 Å². The van der Waals surface area contributed by atoms with Crippen molar-refractivity contribution in [2.24, 2.45) is 5.73 Å². The highest BCUT2D eigenvalue weighted by atomic mass is 19.4. The zero-order chi connectivity index (χ0) is 17.7. The molecule has 2 rings (SSSR count). The van der Waals surface area contributed by atoms with E-state index in [1.165, 1.54) is 12.1 Å². The molecule has 0 unspecified atom stereocenters. The fourth-order valence-electron chi connectivity index (χ4n) is 2.02. The van der Waals surface area contributed by atoms with E-state index in [9.17, 15) is 18.0 Å². The Bertz CT molecular complexity index is 682. The molecular formula is C17H16F3NO3. The molecule has 2 aromatic rings. The van der Waals surface area contributed by atoms with E-state index >= 15 is 0 Å². The predicted octanol–water partition coefficient (Wildman–Crippen LogP) is 3.24. The third kappa shape index (κ3) is 4.99. The molecule has 2 aromatic carbocycles. The monoisotopic (exact) mass is 339 g/mol. The lowest BCUT2D eigenvalue weighted by atomic mass is 10.1. The Hall–Kier alpha value is -2.54. The van der Waals surface area contributed by atoms with Crippen LogP contribution in [-0.2, 0) is 24.0 Å². The van der Waals surface area contributed by atoms with Gasteiger partial charge in [-0.2, -0.15) is 13.2 Å². The first-order valence-electron chi connectivity index (χ1n) is 7.12. The molecule has 4 nitrogen and oxygen atoms in total. The van der Waals surface area contributed by atoms with Crippen LogP contribution in [0.15, 0.2) is 48.5 Å². The van der Waals surface area contributed by atoms with Gasteiger partial charge in [-0.3, -0.25) is 4.79 Å². The molecule has 128 valence electrons. The summed E-state index contributed by atoms with van der Waals surface area (Å²) in [5.74, 6) is -0.542. The number of halogens is 3. The van der Waals surface area contributed by atoms with Gasteiger partial charge in [-0.1, -0.05) is 24.3 Å². The molecule has 0 aliphatic carbocycles. The molecule has 0 fully saturated rings.